The average Bonchev–Trinajstić information content (AvgIpc) is 2.19. The molecule has 6 heteroatoms. The number of aryl methyl sites for hydroxylation is 2. The number of hydrogen-bond donors (Lipinski definition) is 1. The average molecular weight is 240 g/mol. The first-order valence-corrected chi connectivity index (χ1v) is 4.46. The lowest BCUT2D eigenvalue weighted by molar-refractivity contribution is 0.920. The Morgan fingerprint density at radius 1 is 1.00 bits per heavy atom. The van der Waals surface area contributed by atoms with Crippen LogP contribution in [0.5, 0.6) is 0 Å². The SMILES string of the molecule is Cc1ncnc(C)n1.Cl.Nc1ccncc1. The van der Waals surface area contributed by atoms with E-state index >= 15 is 0 Å². The van der Waals surface area contributed by atoms with Gasteiger partial charge in [0.15, 0.2) is 0 Å². The number of rotatable bonds is 0. The van der Waals surface area contributed by atoms with Gasteiger partial charge in [-0.2, -0.15) is 0 Å². The largest absolute Gasteiger partial charge is 0.399 e. The molecule has 86 valence electrons. The van der Waals surface area contributed by atoms with Gasteiger partial charge in [-0.05, 0) is 26.0 Å². The molecule has 0 bridgehead atoms. The first-order valence-electron chi connectivity index (χ1n) is 4.46. The van der Waals surface area contributed by atoms with Crippen molar-refractivity contribution in [2.75, 3.05) is 5.73 Å². The van der Waals surface area contributed by atoms with Gasteiger partial charge in [0.1, 0.15) is 18.0 Å². The summed E-state index contributed by atoms with van der Waals surface area (Å²) in [5.74, 6) is 1.55. The Morgan fingerprint density at radius 2 is 1.50 bits per heavy atom. The number of aromatic nitrogens is 4. The Morgan fingerprint density at radius 3 is 1.75 bits per heavy atom. The van der Waals surface area contributed by atoms with Gasteiger partial charge in [0.2, 0.25) is 0 Å². The second-order valence-electron chi connectivity index (χ2n) is 2.86. The third-order valence-corrected chi connectivity index (χ3v) is 1.52. The summed E-state index contributed by atoms with van der Waals surface area (Å²) < 4.78 is 0. The molecule has 0 atom stereocenters. The molecule has 0 aromatic carbocycles. The van der Waals surface area contributed by atoms with Crippen LogP contribution in [0.4, 0.5) is 5.69 Å². The minimum absolute atomic E-state index is 0. The zero-order valence-electron chi connectivity index (χ0n) is 9.16. The molecule has 2 aromatic heterocycles. The van der Waals surface area contributed by atoms with Crippen LogP contribution in [0.25, 0.3) is 0 Å². The van der Waals surface area contributed by atoms with E-state index in [4.69, 9.17) is 5.73 Å². The second-order valence-corrected chi connectivity index (χ2v) is 2.86. The molecule has 0 amide bonds. The van der Waals surface area contributed by atoms with E-state index in [-0.39, 0.29) is 12.4 Å². The lowest BCUT2D eigenvalue weighted by Crippen LogP contribution is -1.91. The molecule has 0 fully saturated rings. The van der Waals surface area contributed by atoms with Crippen LogP contribution in [-0.2, 0) is 0 Å². The predicted octanol–water partition coefficient (Wildman–Crippen LogP) is 1.57. The highest BCUT2D eigenvalue weighted by molar-refractivity contribution is 5.85. The third kappa shape index (κ3) is 5.87. The van der Waals surface area contributed by atoms with Crippen molar-refractivity contribution >= 4 is 18.1 Å². The fourth-order valence-electron chi connectivity index (χ4n) is 0.851. The molecule has 2 heterocycles. The van der Waals surface area contributed by atoms with Crippen LogP contribution in [0.1, 0.15) is 11.6 Å². The van der Waals surface area contributed by atoms with E-state index in [0.29, 0.717) is 0 Å². The van der Waals surface area contributed by atoms with Gasteiger partial charge < -0.3 is 5.73 Å². The predicted molar refractivity (Wildman–Crippen MR) is 65.2 cm³/mol. The topological polar surface area (TPSA) is 77.6 Å². The quantitative estimate of drug-likeness (QED) is 0.755. The van der Waals surface area contributed by atoms with Crippen LogP contribution in [0, 0.1) is 13.8 Å². The van der Waals surface area contributed by atoms with Crippen LogP contribution in [0.15, 0.2) is 30.9 Å². The van der Waals surface area contributed by atoms with Gasteiger partial charge in [-0.3, -0.25) is 4.98 Å². The molecule has 0 aliphatic rings. The Balaban J connectivity index is 0.000000267. The minimum atomic E-state index is 0. The molecule has 2 rings (SSSR count). The van der Waals surface area contributed by atoms with Crippen molar-refractivity contribution < 1.29 is 0 Å². The summed E-state index contributed by atoms with van der Waals surface area (Å²) in [6.07, 6.45) is 4.84. The lowest BCUT2D eigenvalue weighted by atomic mass is 10.4. The Labute approximate surface area is 101 Å². The number of nitrogens with zero attached hydrogens (tertiary/aromatic N) is 4. The summed E-state index contributed by atoms with van der Waals surface area (Å²) in [5, 5.41) is 0. The van der Waals surface area contributed by atoms with Gasteiger partial charge in [-0.15, -0.1) is 12.4 Å². The van der Waals surface area contributed by atoms with Gasteiger partial charge in [-0.1, -0.05) is 0 Å². The van der Waals surface area contributed by atoms with Crippen molar-refractivity contribution in [3.05, 3.63) is 42.5 Å². The summed E-state index contributed by atoms with van der Waals surface area (Å²) in [6.45, 7) is 3.68. The van der Waals surface area contributed by atoms with E-state index in [0.717, 1.165) is 17.3 Å². The van der Waals surface area contributed by atoms with Crippen molar-refractivity contribution in [1.29, 1.82) is 0 Å². The van der Waals surface area contributed by atoms with Crippen LogP contribution in [0.3, 0.4) is 0 Å². The first kappa shape index (κ1) is 14.2. The highest BCUT2D eigenvalue weighted by Gasteiger charge is 1.84. The number of hydrogen-bond acceptors (Lipinski definition) is 5. The van der Waals surface area contributed by atoms with Crippen molar-refractivity contribution in [1.82, 2.24) is 19.9 Å². The van der Waals surface area contributed by atoms with Crippen molar-refractivity contribution in [3.8, 4) is 0 Å². The summed E-state index contributed by atoms with van der Waals surface area (Å²) in [5.41, 5.74) is 6.08. The van der Waals surface area contributed by atoms with Gasteiger partial charge >= 0.3 is 0 Å². The van der Waals surface area contributed by atoms with Gasteiger partial charge in [0.05, 0.1) is 0 Å². The number of nitrogen functional groups attached to an aromatic ring is 1. The van der Waals surface area contributed by atoms with Gasteiger partial charge in [0, 0.05) is 18.1 Å². The van der Waals surface area contributed by atoms with Crippen LogP contribution in [0.2, 0.25) is 0 Å². The molecule has 0 saturated heterocycles. The zero-order chi connectivity index (χ0) is 11.1. The normalized spacial score (nSPS) is 8.38. The Kier molecular flexibility index (Phi) is 6.71. The fourth-order valence-corrected chi connectivity index (χ4v) is 0.851. The summed E-state index contributed by atoms with van der Waals surface area (Å²) >= 11 is 0. The number of pyridine rings is 1. The van der Waals surface area contributed by atoms with E-state index in [9.17, 15) is 0 Å². The lowest BCUT2D eigenvalue weighted by Gasteiger charge is -1.88. The molecule has 0 unspecified atom stereocenters. The molecule has 0 saturated carbocycles. The van der Waals surface area contributed by atoms with E-state index < -0.39 is 0 Å². The number of nitrogens with two attached hydrogens (primary N) is 1. The molecule has 2 N–H and O–H groups in total. The number of anilines is 1. The third-order valence-electron chi connectivity index (χ3n) is 1.52. The van der Waals surface area contributed by atoms with Crippen molar-refractivity contribution in [2.45, 2.75) is 13.8 Å². The molecular weight excluding hydrogens is 226 g/mol. The first-order chi connectivity index (χ1) is 7.18. The van der Waals surface area contributed by atoms with Crippen molar-refractivity contribution in [3.63, 3.8) is 0 Å². The fraction of sp³-hybridized carbons (Fsp3) is 0.200. The molecule has 2 aromatic rings. The van der Waals surface area contributed by atoms with Crippen LogP contribution < -0.4 is 5.73 Å². The summed E-state index contributed by atoms with van der Waals surface area (Å²) in [4.78, 5) is 15.4. The van der Waals surface area contributed by atoms with Crippen LogP contribution in [-0.4, -0.2) is 19.9 Å². The number of halogens is 1. The van der Waals surface area contributed by atoms with Gasteiger partial charge in [-0.25, -0.2) is 15.0 Å². The molecule has 5 nitrogen and oxygen atoms in total. The smallest absolute Gasteiger partial charge is 0.129 e. The highest BCUT2D eigenvalue weighted by Crippen LogP contribution is 1.92. The molecule has 0 aliphatic heterocycles. The molecule has 16 heavy (non-hydrogen) atoms. The standard InChI is InChI=1S/C5H7N3.C5H6N2.ClH/c1-4-6-3-7-5(2)8-4;6-5-1-3-7-4-2-5;/h3H,1-2H3;1-4H,(H2,6,7);1H. The molecule has 0 aliphatic carbocycles. The minimum Gasteiger partial charge on any atom is -0.399 e. The van der Waals surface area contributed by atoms with E-state index in [2.05, 4.69) is 19.9 Å². The molecule has 0 spiro atoms. The van der Waals surface area contributed by atoms with Crippen molar-refractivity contribution in [2.24, 2.45) is 0 Å². The summed E-state index contributed by atoms with van der Waals surface area (Å²) in [7, 11) is 0. The van der Waals surface area contributed by atoms with Gasteiger partial charge in [0.25, 0.3) is 0 Å². The zero-order valence-corrected chi connectivity index (χ0v) is 9.98. The molecule has 0 radical (unpaired) electrons. The maximum absolute atomic E-state index is 5.32. The molecular formula is C10H14ClN5. The van der Waals surface area contributed by atoms with E-state index in [1.807, 2.05) is 13.8 Å². The van der Waals surface area contributed by atoms with Crippen LogP contribution >= 0.6 is 12.4 Å². The Bertz CT molecular complexity index is 390. The Hall–Kier alpha value is -1.75. The monoisotopic (exact) mass is 239 g/mol. The summed E-state index contributed by atoms with van der Waals surface area (Å²) in [6, 6.07) is 3.50. The maximum Gasteiger partial charge on any atom is 0.129 e. The van der Waals surface area contributed by atoms with E-state index in [1.165, 1.54) is 6.33 Å². The highest BCUT2D eigenvalue weighted by atomic mass is 35.5. The second kappa shape index (κ2) is 7.53. The van der Waals surface area contributed by atoms with E-state index in [1.54, 1.807) is 24.5 Å². The maximum atomic E-state index is 5.32.